The van der Waals surface area contributed by atoms with Gasteiger partial charge in [0, 0.05) is 24.3 Å². The first kappa shape index (κ1) is 27.3. The van der Waals surface area contributed by atoms with Gasteiger partial charge >= 0.3 is 0 Å². The van der Waals surface area contributed by atoms with Gasteiger partial charge in [-0.3, -0.25) is 9.78 Å². The predicted octanol–water partition coefficient (Wildman–Crippen LogP) is 7.92. The SMILES string of the molecule is CCCC(CC)N1Cc2ccccc2C1=O.Cc1ccc(C(OCc2ccccn2)c2ccccc2)cc1. The third-order valence-corrected chi connectivity index (χ3v) is 6.99. The predicted molar refractivity (Wildman–Crippen MR) is 154 cm³/mol. The number of carbonyl (C=O) groups is 1. The summed E-state index contributed by atoms with van der Waals surface area (Å²) < 4.78 is 6.18. The van der Waals surface area contributed by atoms with Crippen molar-refractivity contribution < 1.29 is 9.53 Å². The summed E-state index contributed by atoms with van der Waals surface area (Å²) in [5.74, 6) is 0.218. The third kappa shape index (κ3) is 6.96. The monoisotopic (exact) mass is 506 g/mol. The van der Waals surface area contributed by atoms with Crippen LogP contribution in [0.4, 0.5) is 0 Å². The van der Waals surface area contributed by atoms with Gasteiger partial charge in [-0.2, -0.15) is 0 Å². The van der Waals surface area contributed by atoms with Crippen molar-refractivity contribution in [2.24, 2.45) is 0 Å². The van der Waals surface area contributed by atoms with E-state index in [2.05, 4.69) is 68.2 Å². The van der Waals surface area contributed by atoms with E-state index in [0.717, 1.165) is 48.2 Å². The molecule has 1 aliphatic rings. The molecule has 196 valence electrons. The Morgan fingerprint density at radius 2 is 1.53 bits per heavy atom. The lowest BCUT2D eigenvalue weighted by Crippen LogP contribution is -2.34. The molecule has 4 heteroatoms. The largest absolute Gasteiger partial charge is 0.362 e. The molecule has 4 aromatic rings. The molecule has 4 nitrogen and oxygen atoms in total. The van der Waals surface area contributed by atoms with Gasteiger partial charge in [-0.05, 0) is 54.7 Å². The van der Waals surface area contributed by atoms with Gasteiger partial charge in [0.15, 0.2) is 0 Å². The summed E-state index contributed by atoms with van der Waals surface area (Å²) in [4.78, 5) is 18.6. The fraction of sp³-hybridized carbons (Fsp3) is 0.294. The molecule has 0 saturated heterocycles. The third-order valence-electron chi connectivity index (χ3n) is 6.99. The van der Waals surface area contributed by atoms with Crippen LogP contribution in [0, 0.1) is 6.92 Å². The lowest BCUT2D eigenvalue weighted by molar-refractivity contribution is 0.0646. The molecule has 0 radical (unpaired) electrons. The number of hydrogen-bond donors (Lipinski definition) is 0. The first-order valence-corrected chi connectivity index (χ1v) is 13.6. The summed E-state index contributed by atoms with van der Waals surface area (Å²) in [6.07, 6.45) is 5.01. The second-order valence-electron chi connectivity index (χ2n) is 9.77. The van der Waals surface area contributed by atoms with Gasteiger partial charge in [-0.1, -0.05) is 105 Å². The first-order chi connectivity index (χ1) is 18.6. The van der Waals surface area contributed by atoms with Crippen molar-refractivity contribution in [1.82, 2.24) is 9.88 Å². The number of benzene rings is 3. The van der Waals surface area contributed by atoms with Crippen LogP contribution in [-0.4, -0.2) is 21.8 Å². The maximum absolute atomic E-state index is 12.2. The van der Waals surface area contributed by atoms with Gasteiger partial charge in [-0.15, -0.1) is 0 Å². The summed E-state index contributed by atoms with van der Waals surface area (Å²) in [5, 5.41) is 0. The molecule has 0 fully saturated rings. The summed E-state index contributed by atoms with van der Waals surface area (Å²) in [5.41, 5.74) is 6.59. The van der Waals surface area contributed by atoms with Gasteiger partial charge in [0.2, 0.25) is 0 Å². The van der Waals surface area contributed by atoms with Crippen molar-refractivity contribution in [3.63, 3.8) is 0 Å². The van der Waals surface area contributed by atoms with Gasteiger partial charge in [0.05, 0.1) is 12.3 Å². The second kappa shape index (κ2) is 13.7. The van der Waals surface area contributed by atoms with E-state index in [1.807, 2.05) is 59.5 Å². The Morgan fingerprint density at radius 1 is 0.842 bits per heavy atom. The normalized spacial score (nSPS) is 13.9. The number of aromatic nitrogens is 1. The van der Waals surface area contributed by atoms with Crippen LogP contribution < -0.4 is 0 Å². The Morgan fingerprint density at radius 3 is 2.18 bits per heavy atom. The molecular weight excluding hydrogens is 468 g/mol. The highest BCUT2D eigenvalue weighted by Crippen LogP contribution is 2.28. The molecule has 0 saturated carbocycles. The quantitative estimate of drug-likeness (QED) is 0.232. The Labute approximate surface area is 227 Å². The summed E-state index contributed by atoms with van der Waals surface area (Å²) in [6.45, 7) is 7.73. The Balaban J connectivity index is 0.000000186. The summed E-state index contributed by atoms with van der Waals surface area (Å²) >= 11 is 0. The number of aryl methyl sites for hydroxylation is 1. The fourth-order valence-electron chi connectivity index (χ4n) is 4.89. The fourth-order valence-corrected chi connectivity index (χ4v) is 4.89. The number of hydrogen-bond acceptors (Lipinski definition) is 3. The molecule has 1 aliphatic heterocycles. The Bertz CT molecular complexity index is 1270. The second-order valence-corrected chi connectivity index (χ2v) is 9.77. The summed E-state index contributed by atoms with van der Waals surface area (Å²) in [7, 11) is 0. The number of nitrogens with zero attached hydrogens (tertiary/aromatic N) is 2. The van der Waals surface area contributed by atoms with Crippen molar-refractivity contribution in [3.8, 4) is 0 Å². The van der Waals surface area contributed by atoms with Crippen molar-refractivity contribution >= 4 is 5.91 Å². The number of carbonyl (C=O) groups excluding carboxylic acids is 1. The van der Waals surface area contributed by atoms with E-state index in [9.17, 15) is 4.79 Å². The zero-order chi connectivity index (χ0) is 26.7. The zero-order valence-electron chi connectivity index (χ0n) is 22.7. The molecule has 2 heterocycles. The zero-order valence-corrected chi connectivity index (χ0v) is 22.7. The Kier molecular flexibility index (Phi) is 9.83. The number of ether oxygens (including phenoxy) is 1. The van der Waals surface area contributed by atoms with Crippen molar-refractivity contribution in [2.45, 2.75) is 65.3 Å². The van der Waals surface area contributed by atoms with Crippen LogP contribution in [-0.2, 0) is 17.9 Å². The van der Waals surface area contributed by atoms with Gasteiger partial charge < -0.3 is 9.64 Å². The number of pyridine rings is 1. The van der Waals surface area contributed by atoms with E-state index in [4.69, 9.17) is 4.74 Å². The summed E-state index contributed by atoms with van der Waals surface area (Å²) in [6, 6.07) is 33.1. The van der Waals surface area contributed by atoms with E-state index < -0.39 is 0 Å². The smallest absolute Gasteiger partial charge is 0.254 e. The molecule has 1 amide bonds. The van der Waals surface area contributed by atoms with Crippen LogP contribution in [0.1, 0.15) is 77.5 Å². The van der Waals surface area contributed by atoms with Crippen molar-refractivity contribution in [2.75, 3.05) is 0 Å². The number of fused-ring (bicyclic) bond motifs is 1. The molecule has 2 unspecified atom stereocenters. The highest BCUT2D eigenvalue weighted by molar-refractivity contribution is 5.98. The highest BCUT2D eigenvalue weighted by Gasteiger charge is 2.30. The minimum atomic E-state index is -0.0798. The van der Waals surface area contributed by atoms with Crippen LogP contribution in [0.3, 0.4) is 0 Å². The van der Waals surface area contributed by atoms with E-state index in [1.54, 1.807) is 6.20 Å². The molecule has 2 atom stereocenters. The lowest BCUT2D eigenvalue weighted by Gasteiger charge is -2.26. The number of amides is 1. The van der Waals surface area contributed by atoms with Crippen LogP contribution in [0.5, 0.6) is 0 Å². The lowest BCUT2D eigenvalue weighted by atomic mass is 10.0. The van der Waals surface area contributed by atoms with E-state index in [1.165, 1.54) is 11.1 Å². The minimum Gasteiger partial charge on any atom is -0.362 e. The van der Waals surface area contributed by atoms with E-state index in [0.29, 0.717) is 12.6 Å². The average Bonchev–Trinajstić information content (AvgIpc) is 3.30. The van der Waals surface area contributed by atoms with E-state index in [-0.39, 0.29) is 12.0 Å². The molecule has 0 spiro atoms. The first-order valence-electron chi connectivity index (χ1n) is 13.6. The molecule has 0 bridgehead atoms. The molecule has 1 aromatic heterocycles. The Hall–Kier alpha value is -3.76. The molecule has 0 aliphatic carbocycles. The van der Waals surface area contributed by atoms with Gasteiger partial charge in [-0.25, -0.2) is 0 Å². The number of rotatable bonds is 9. The van der Waals surface area contributed by atoms with Gasteiger partial charge in [0.1, 0.15) is 6.10 Å². The molecular formula is C34H38N2O2. The molecule has 0 N–H and O–H groups in total. The van der Waals surface area contributed by atoms with Crippen LogP contribution in [0.2, 0.25) is 0 Å². The van der Waals surface area contributed by atoms with Gasteiger partial charge in [0.25, 0.3) is 5.91 Å². The van der Waals surface area contributed by atoms with E-state index >= 15 is 0 Å². The molecule has 3 aromatic carbocycles. The minimum absolute atomic E-state index is 0.0798. The average molecular weight is 507 g/mol. The molecule has 5 rings (SSSR count). The van der Waals surface area contributed by atoms with Crippen LogP contribution in [0.25, 0.3) is 0 Å². The standard InChI is InChI=1S/C20H19NO.C14H19NO/c1-16-10-12-18(13-11-16)20(17-7-3-2-4-8-17)22-15-19-9-5-6-14-21-19;1-3-7-12(4-2)15-10-11-8-5-6-9-13(11)14(15)16/h2-14,20H,15H2,1H3;5-6,8-9,12H,3-4,7,10H2,1-2H3. The van der Waals surface area contributed by atoms with Crippen molar-refractivity contribution in [1.29, 1.82) is 0 Å². The van der Waals surface area contributed by atoms with Crippen LogP contribution in [0.15, 0.2) is 103 Å². The van der Waals surface area contributed by atoms with Crippen LogP contribution >= 0.6 is 0 Å². The maximum Gasteiger partial charge on any atom is 0.254 e. The highest BCUT2D eigenvalue weighted by atomic mass is 16.5. The molecule has 38 heavy (non-hydrogen) atoms. The van der Waals surface area contributed by atoms with Crippen molar-refractivity contribution in [3.05, 3.63) is 137 Å². The topological polar surface area (TPSA) is 42.4 Å². The maximum atomic E-state index is 12.2.